The molecule has 0 N–H and O–H groups in total. The molecule has 0 bridgehead atoms. The summed E-state index contributed by atoms with van der Waals surface area (Å²) < 4.78 is 2.42. The monoisotopic (exact) mass is 622 g/mol. The number of hydrogen-bond acceptors (Lipinski definition) is 3. The maximum atomic E-state index is 5.03. The largest absolute Gasteiger partial charge is 0.309 e. The van der Waals surface area contributed by atoms with Gasteiger partial charge in [-0.05, 0) is 62.3 Å². The van der Waals surface area contributed by atoms with Gasteiger partial charge < -0.3 is 4.57 Å². The van der Waals surface area contributed by atoms with Crippen LogP contribution in [0.15, 0.2) is 158 Å². The quantitative estimate of drug-likeness (QED) is 0.183. The van der Waals surface area contributed by atoms with Gasteiger partial charge in [0.1, 0.15) is 0 Å². The number of benzene rings is 8. The van der Waals surface area contributed by atoms with E-state index in [0.717, 1.165) is 22.4 Å². The van der Waals surface area contributed by atoms with E-state index in [9.17, 15) is 0 Å². The van der Waals surface area contributed by atoms with Crippen LogP contribution in [0.5, 0.6) is 0 Å². The molecule has 4 heteroatoms. The second-order valence-corrected chi connectivity index (χ2v) is 12.8. The van der Waals surface area contributed by atoms with Gasteiger partial charge in [0.05, 0.1) is 11.0 Å². The summed E-state index contributed by atoms with van der Waals surface area (Å²) in [5.74, 6) is 1.95. The average molecular weight is 623 g/mol. The Balaban J connectivity index is 1.20. The van der Waals surface area contributed by atoms with E-state index in [2.05, 4.69) is 102 Å². The van der Waals surface area contributed by atoms with Crippen molar-refractivity contribution in [1.29, 1.82) is 0 Å². The first-order valence-electron chi connectivity index (χ1n) is 16.6. The van der Waals surface area contributed by atoms with E-state index < -0.39 is 0 Å². The van der Waals surface area contributed by atoms with Crippen molar-refractivity contribution in [2.75, 3.05) is 0 Å². The highest BCUT2D eigenvalue weighted by molar-refractivity contribution is 6.38. The van der Waals surface area contributed by atoms with Crippen LogP contribution >= 0.6 is 0 Å². The Bertz CT molecular complexity index is 2920. The van der Waals surface area contributed by atoms with Gasteiger partial charge in [0.15, 0.2) is 17.5 Å². The summed E-state index contributed by atoms with van der Waals surface area (Å²) in [6, 6.07) is 56.0. The number of rotatable bonds is 4. The van der Waals surface area contributed by atoms with E-state index in [0.29, 0.717) is 17.5 Å². The summed E-state index contributed by atoms with van der Waals surface area (Å²) in [6.07, 6.45) is 0. The van der Waals surface area contributed by atoms with E-state index in [1.807, 2.05) is 60.7 Å². The molecule has 0 aliphatic heterocycles. The van der Waals surface area contributed by atoms with Crippen LogP contribution in [-0.2, 0) is 0 Å². The summed E-state index contributed by atoms with van der Waals surface area (Å²) >= 11 is 0. The minimum absolute atomic E-state index is 0.643. The van der Waals surface area contributed by atoms with Crippen LogP contribution < -0.4 is 0 Å². The summed E-state index contributed by atoms with van der Waals surface area (Å²) in [5.41, 5.74) is 8.85. The summed E-state index contributed by atoms with van der Waals surface area (Å²) in [6.45, 7) is 0. The summed E-state index contributed by atoms with van der Waals surface area (Å²) in [5, 5.41) is 10.4. The Morgan fingerprint density at radius 2 is 0.816 bits per heavy atom. The standard InChI is InChI=1S/C45H26N4/c1-3-10-30(11-4-1)43-46-44(31-12-5-2-6-13-31)48-45(47-43)32-15-7-16-33(26-32)49-36-19-9-18-35-34-17-8-14-27-20-21-28-22-23-29-24-25-37(49)42(41(35)36)40(29)39(28)38(27)34/h1-26H. The molecule has 11 rings (SSSR count). The second-order valence-electron chi connectivity index (χ2n) is 12.8. The molecule has 0 radical (unpaired) electrons. The highest BCUT2D eigenvalue weighted by atomic mass is 15.0. The molecule has 226 valence electrons. The normalized spacial score (nSPS) is 12.1. The van der Waals surface area contributed by atoms with Crippen LogP contribution in [0.4, 0.5) is 0 Å². The van der Waals surface area contributed by atoms with Crippen LogP contribution in [0, 0.1) is 0 Å². The average Bonchev–Trinajstić information content (AvgIpc) is 3.45. The highest BCUT2D eigenvalue weighted by Crippen LogP contribution is 2.49. The second kappa shape index (κ2) is 9.93. The predicted molar refractivity (Wildman–Crippen MR) is 202 cm³/mol. The third-order valence-electron chi connectivity index (χ3n) is 10.1. The van der Waals surface area contributed by atoms with E-state index in [1.54, 1.807) is 0 Å². The van der Waals surface area contributed by atoms with Gasteiger partial charge in [-0.25, -0.2) is 15.0 Å². The SMILES string of the molecule is c1ccc(-c2nc(-c3ccccc3)nc(-c3cccc(-n4c5cccc6c5c5c7c(ccc8ccc9cccc-6c9c87)ccc54)c3)n2)cc1. The van der Waals surface area contributed by atoms with Gasteiger partial charge in [-0.3, -0.25) is 0 Å². The lowest BCUT2D eigenvalue weighted by Gasteiger charge is -2.14. The molecule has 2 heterocycles. The Morgan fingerprint density at radius 3 is 1.49 bits per heavy atom. The molecular weight excluding hydrogens is 597 g/mol. The molecule has 0 spiro atoms. The molecular formula is C45H26N4. The van der Waals surface area contributed by atoms with Crippen molar-refractivity contribution in [3.05, 3.63) is 158 Å². The molecule has 49 heavy (non-hydrogen) atoms. The van der Waals surface area contributed by atoms with Crippen LogP contribution in [0.2, 0.25) is 0 Å². The smallest absolute Gasteiger partial charge is 0.164 e. The lowest BCUT2D eigenvalue weighted by Crippen LogP contribution is -2.01. The Hall–Kier alpha value is -6.65. The van der Waals surface area contributed by atoms with Gasteiger partial charge in [-0.2, -0.15) is 0 Å². The van der Waals surface area contributed by atoms with Crippen LogP contribution in [0.25, 0.3) is 105 Å². The first kappa shape index (κ1) is 26.4. The van der Waals surface area contributed by atoms with Gasteiger partial charge >= 0.3 is 0 Å². The molecule has 0 saturated heterocycles. The minimum atomic E-state index is 0.643. The molecule has 0 fully saturated rings. The van der Waals surface area contributed by atoms with Crippen molar-refractivity contribution in [2.24, 2.45) is 0 Å². The minimum Gasteiger partial charge on any atom is -0.309 e. The zero-order chi connectivity index (χ0) is 32.1. The van der Waals surface area contributed by atoms with E-state index >= 15 is 0 Å². The molecule has 1 aliphatic carbocycles. The Labute approximate surface area is 281 Å². The van der Waals surface area contributed by atoms with Gasteiger partial charge in [-0.15, -0.1) is 0 Å². The maximum Gasteiger partial charge on any atom is 0.164 e. The maximum absolute atomic E-state index is 5.03. The van der Waals surface area contributed by atoms with Crippen molar-refractivity contribution in [3.8, 4) is 51.0 Å². The number of aromatic nitrogens is 4. The van der Waals surface area contributed by atoms with Crippen molar-refractivity contribution >= 4 is 54.1 Å². The van der Waals surface area contributed by atoms with Crippen molar-refractivity contribution in [2.45, 2.75) is 0 Å². The molecule has 0 amide bonds. The first-order chi connectivity index (χ1) is 24.3. The van der Waals surface area contributed by atoms with Crippen molar-refractivity contribution < 1.29 is 0 Å². The molecule has 0 unspecified atom stereocenters. The third-order valence-corrected chi connectivity index (χ3v) is 10.1. The molecule has 1 aliphatic rings. The molecule has 0 saturated carbocycles. The lowest BCUT2D eigenvalue weighted by molar-refractivity contribution is 1.07. The van der Waals surface area contributed by atoms with E-state index in [1.165, 1.54) is 65.3 Å². The third kappa shape index (κ3) is 3.77. The molecule has 0 atom stereocenters. The van der Waals surface area contributed by atoms with Gasteiger partial charge in [-0.1, -0.05) is 133 Å². The van der Waals surface area contributed by atoms with Crippen molar-refractivity contribution in [3.63, 3.8) is 0 Å². The molecule has 10 aromatic rings. The predicted octanol–water partition coefficient (Wildman–Crippen LogP) is 11.4. The van der Waals surface area contributed by atoms with E-state index in [-0.39, 0.29) is 0 Å². The number of fused-ring (bicyclic) bond motifs is 1. The first-order valence-corrected chi connectivity index (χ1v) is 16.6. The summed E-state index contributed by atoms with van der Waals surface area (Å²) in [4.78, 5) is 15.0. The van der Waals surface area contributed by atoms with Crippen LogP contribution in [0.1, 0.15) is 0 Å². The number of hydrogen-bond donors (Lipinski definition) is 0. The Kier molecular flexibility index (Phi) is 5.35. The fourth-order valence-electron chi connectivity index (χ4n) is 8.01. The highest BCUT2D eigenvalue weighted by Gasteiger charge is 2.24. The zero-order valence-electron chi connectivity index (χ0n) is 26.3. The topological polar surface area (TPSA) is 43.6 Å². The molecule has 2 aromatic heterocycles. The van der Waals surface area contributed by atoms with Crippen molar-refractivity contribution in [1.82, 2.24) is 19.5 Å². The lowest BCUT2D eigenvalue weighted by atomic mass is 9.93. The van der Waals surface area contributed by atoms with Gasteiger partial charge in [0, 0.05) is 38.5 Å². The van der Waals surface area contributed by atoms with E-state index in [4.69, 9.17) is 15.0 Å². The van der Waals surface area contributed by atoms with Crippen LogP contribution in [-0.4, -0.2) is 19.5 Å². The fourth-order valence-corrected chi connectivity index (χ4v) is 8.01. The molecule has 4 nitrogen and oxygen atoms in total. The van der Waals surface area contributed by atoms with Gasteiger partial charge in [0.25, 0.3) is 0 Å². The fraction of sp³-hybridized carbons (Fsp3) is 0. The van der Waals surface area contributed by atoms with Crippen LogP contribution in [0.3, 0.4) is 0 Å². The molecule has 8 aromatic carbocycles. The number of nitrogens with zero attached hydrogens (tertiary/aromatic N) is 4. The Morgan fingerprint density at radius 1 is 0.327 bits per heavy atom. The summed E-state index contributed by atoms with van der Waals surface area (Å²) in [7, 11) is 0. The van der Waals surface area contributed by atoms with Gasteiger partial charge in [0.2, 0.25) is 0 Å². The zero-order valence-corrected chi connectivity index (χ0v) is 26.3.